The topological polar surface area (TPSA) is 194 Å². The fourth-order valence-corrected chi connectivity index (χ4v) is 4.05. The Morgan fingerprint density at radius 3 is 1.81 bits per heavy atom. The number of hydrogen-bond acceptors (Lipinski definition) is 11. The molecule has 2 rings (SSSR count). The van der Waals surface area contributed by atoms with Crippen molar-refractivity contribution in [1.29, 1.82) is 0 Å². The van der Waals surface area contributed by atoms with Gasteiger partial charge in [0.1, 0.15) is 19.3 Å². The number of carbonyl (C=O) groups is 5. The first-order valence-electron chi connectivity index (χ1n) is 13.1. The Labute approximate surface area is 257 Å². The number of alkyl halides is 2. The molecule has 1 amide bonds. The van der Waals surface area contributed by atoms with E-state index in [4.69, 9.17) is 32.7 Å². The zero-order chi connectivity index (χ0) is 31.8. The van der Waals surface area contributed by atoms with Crippen LogP contribution in [0.25, 0.3) is 0 Å². The fraction of sp³-hybridized carbons (Fsp3) is 0.444. The standard InChI is InChI=1S/C27H33Cl2N3O11/c28-11-13-31(14-12-29)19-3-1-18(2-4-19)17-20(27(39)40)30-21(33)5-8-24(36)41-15-16-42-25(37)9-10-26(38)43-32-22(34)6-7-23(32)35/h1-4,6-7,20,34-35H,5,8-17H2,(H,30,33)(H,39,40). The van der Waals surface area contributed by atoms with Gasteiger partial charge in [0.25, 0.3) is 0 Å². The van der Waals surface area contributed by atoms with Gasteiger partial charge < -0.3 is 39.8 Å². The van der Waals surface area contributed by atoms with Gasteiger partial charge in [-0.3, -0.25) is 14.4 Å². The number of rotatable bonds is 19. The molecule has 14 nitrogen and oxygen atoms in total. The number of aliphatic carboxylic acids is 1. The summed E-state index contributed by atoms with van der Waals surface area (Å²) in [6.45, 7) is 0.593. The Balaban J connectivity index is 1.66. The normalized spacial score (nSPS) is 11.3. The number of carboxylic acid groups (broad SMARTS) is 1. The van der Waals surface area contributed by atoms with E-state index in [0.29, 0.717) is 35.1 Å². The smallest absolute Gasteiger partial charge is 0.333 e. The Bertz CT molecular complexity index is 1210. The van der Waals surface area contributed by atoms with Crippen LogP contribution in [0.15, 0.2) is 36.4 Å². The first-order chi connectivity index (χ1) is 20.5. The van der Waals surface area contributed by atoms with E-state index in [1.165, 1.54) is 0 Å². The van der Waals surface area contributed by atoms with E-state index in [0.717, 1.165) is 17.8 Å². The molecule has 0 spiro atoms. The molecule has 0 saturated heterocycles. The minimum atomic E-state index is -1.23. The van der Waals surface area contributed by atoms with Gasteiger partial charge in [-0.25, -0.2) is 9.59 Å². The van der Waals surface area contributed by atoms with Gasteiger partial charge >= 0.3 is 23.9 Å². The van der Waals surface area contributed by atoms with Gasteiger partial charge in [0.05, 0.1) is 19.3 Å². The molecular formula is C27H33Cl2N3O11. The van der Waals surface area contributed by atoms with Crippen LogP contribution in [0.2, 0.25) is 0 Å². The lowest BCUT2D eigenvalue weighted by atomic mass is 10.0. The van der Waals surface area contributed by atoms with Crippen molar-refractivity contribution in [3.05, 3.63) is 42.0 Å². The summed E-state index contributed by atoms with van der Waals surface area (Å²) >= 11 is 11.7. The number of benzene rings is 1. The summed E-state index contributed by atoms with van der Waals surface area (Å²) in [4.78, 5) is 66.0. The highest BCUT2D eigenvalue weighted by Crippen LogP contribution is 2.19. The molecular weight excluding hydrogens is 613 g/mol. The fourth-order valence-electron chi connectivity index (χ4n) is 3.64. The molecule has 2 aromatic rings. The molecule has 4 N–H and O–H groups in total. The summed E-state index contributed by atoms with van der Waals surface area (Å²) in [5.74, 6) is -4.53. The molecule has 0 aliphatic heterocycles. The van der Waals surface area contributed by atoms with Gasteiger partial charge in [-0.1, -0.05) is 12.1 Å². The van der Waals surface area contributed by atoms with Crippen LogP contribution < -0.4 is 15.1 Å². The third kappa shape index (κ3) is 12.7. The minimum Gasteiger partial charge on any atom is -0.492 e. The number of nitrogens with zero attached hydrogens (tertiary/aromatic N) is 2. The van der Waals surface area contributed by atoms with Crippen LogP contribution in [0.5, 0.6) is 11.8 Å². The zero-order valence-electron chi connectivity index (χ0n) is 23.1. The van der Waals surface area contributed by atoms with Crippen molar-refractivity contribution >= 4 is 58.7 Å². The van der Waals surface area contributed by atoms with Crippen LogP contribution in [-0.2, 0) is 39.9 Å². The summed E-state index contributed by atoms with van der Waals surface area (Å²) in [6.07, 6.45) is -1.40. The summed E-state index contributed by atoms with van der Waals surface area (Å²) in [5.41, 5.74) is 1.56. The number of ether oxygens (including phenoxy) is 2. The first-order valence-corrected chi connectivity index (χ1v) is 14.2. The van der Waals surface area contributed by atoms with E-state index in [-0.39, 0.29) is 38.9 Å². The van der Waals surface area contributed by atoms with Crippen molar-refractivity contribution < 1.29 is 53.6 Å². The molecule has 1 heterocycles. The van der Waals surface area contributed by atoms with E-state index in [1.807, 2.05) is 17.0 Å². The third-order valence-corrected chi connectivity index (χ3v) is 6.11. The highest BCUT2D eigenvalue weighted by molar-refractivity contribution is 6.18. The molecule has 0 aliphatic rings. The lowest BCUT2D eigenvalue weighted by Gasteiger charge is -2.23. The number of esters is 2. The first kappa shape index (κ1) is 35.0. The Hall–Kier alpha value is -4.17. The van der Waals surface area contributed by atoms with Gasteiger partial charge in [0.2, 0.25) is 17.7 Å². The summed E-state index contributed by atoms with van der Waals surface area (Å²) < 4.78 is 10.2. The van der Waals surface area contributed by atoms with Crippen LogP contribution in [-0.4, -0.2) is 93.9 Å². The number of aromatic nitrogens is 1. The number of aromatic hydroxyl groups is 2. The number of amides is 1. The van der Waals surface area contributed by atoms with Crippen molar-refractivity contribution in [2.75, 3.05) is 43.0 Å². The molecule has 0 radical (unpaired) electrons. The van der Waals surface area contributed by atoms with Gasteiger partial charge in [-0.05, 0) is 17.7 Å². The van der Waals surface area contributed by atoms with Crippen LogP contribution in [0.1, 0.15) is 31.2 Å². The SMILES string of the molecule is O=C(CCC(=O)OCCOC(=O)CCC(=O)On1c(O)ccc1O)NC(Cc1ccc(N(CCCl)CCCl)cc1)C(=O)O. The molecule has 0 saturated carbocycles. The van der Waals surface area contributed by atoms with Crippen molar-refractivity contribution in [2.45, 2.75) is 38.1 Å². The molecule has 43 heavy (non-hydrogen) atoms. The molecule has 16 heteroatoms. The summed E-state index contributed by atoms with van der Waals surface area (Å²) in [5, 5.41) is 30.8. The Morgan fingerprint density at radius 1 is 0.791 bits per heavy atom. The van der Waals surface area contributed by atoms with E-state index in [9.17, 15) is 39.3 Å². The maximum atomic E-state index is 12.3. The van der Waals surface area contributed by atoms with Crippen molar-refractivity contribution in [1.82, 2.24) is 10.0 Å². The Kier molecular flexibility index (Phi) is 15.0. The molecule has 1 unspecified atom stereocenters. The van der Waals surface area contributed by atoms with Crippen LogP contribution in [0.4, 0.5) is 5.69 Å². The highest BCUT2D eigenvalue weighted by Gasteiger charge is 2.21. The monoisotopic (exact) mass is 645 g/mol. The van der Waals surface area contributed by atoms with Gasteiger partial charge in [0, 0.05) is 55.5 Å². The predicted molar refractivity (Wildman–Crippen MR) is 153 cm³/mol. The summed E-state index contributed by atoms with van der Waals surface area (Å²) in [6, 6.07) is 8.13. The number of hydrogen-bond donors (Lipinski definition) is 4. The van der Waals surface area contributed by atoms with Crippen LogP contribution in [0, 0.1) is 0 Å². The zero-order valence-corrected chi connectivity index (χ0v) is 24.6. The van der Waals surface area contributed by atoms with Gasteiger partial charge in [0.15, 0.2) is 0 Å². The molecule has 0 aliphatic carbocycles. The number of carboxylic acids is 1. The van der Waals surface area contributed by atoms with Crippen molar-refractivity contribution in [3.63, 3.8) is 0 Å². The minimum absolute atomic E-state index is 0.0250. The van der Waals surface area contributed by atoms with Gasteiger partial charge in [-0.2, -0.15) is 0 Å². The average molecular weight is 646 g/mol. The molecule has 1 aromatic carbocycles. The summed E-state index contributed by atoms with van der Waals surface area (Å²) in [7, 11) is 0. The van der Waals surface area contributed by atoms with E-state index in [1.54, 1.807) is 12.1 Å². The molecule has 0 bridgehead atoms. The maximum Gasteiger partial charge on any atom is 0.333 e. The highest BCUT2D eigenvalue weighted by atomic mass is 35.5. The van der Waals surface area contributed by atoms with Crippen LogP contribution >= 0.6 is 23.2 Å². The lowest BCUT2D eigenvalue weighted by Crippen LogP contribution is -2.42. The van der Waals surface area contributed by atoms with Crippen molar-refractivity contribution in [2.24, 2.45) is 0 Å². The average Bonchev–Trinajstić information content (AvgIpc) is 3.29. The number of anilines is 1. The van der Waals surface area contributed by atoms with Crippen LogP contribution in [0.3, 0.4) is 0 Å². The number of halogens is 2. The second-order valence-corrected chi connectivity index (χ2v) is 9.70. The van der Waals surface area contributed by atoms with Gasteiger partial charge in [-0.15, -0.1) is 27.9 Å². The molecule has 236 valence electrons. The van der Waals surface area contributed by atoms with Crippen molar-refractivity contribution in [3.8, 4) is 11.8 Å². The maximum absolute atomic E-state index is 12.3. The largest absolute Gasteiger partial charge is 0.492 e. The molecule has 1 aromatic heterocycles. The quantitative estimate of drug-likeness (QED) is 0.0980. The second kappa shape index (κ2) is 18.4. The Morgan fingerprint density at radius 2 is 1.30 bits per heavy atom. The molecule has 0 fully saturated rings. The number of carbonyl (C=O) groups excluding carboxylic acids is 4. The number of nitrogens with one attached hydrogen (secondary N) is 1. The third-order valence-electron chi connectivity index (χ3n) is 5.77. The second-order valence-electron chi connectivity index (χ2n) is 8.94. The molecule has 1 atom stereocenters. The predicted octanol–water partition coefficient (Wildman–Crippen LogP) is 1.60. The van der Waals surface area contributed by atoms with E-state index in [2.05, 4.69) is 10.2 Å². The lowest BCUT2D eigenvalue weighted by molar-refractivity contribution is -0.154. The van der Waals surface area contributed by atoms with E-state index < -0.39 is 54.0 Å². The van der Waals surface area contributed by atoms with E-state index >= 15 is 0 Å².